The van der Waals surface area contributed by atoms with E-state index < -0.39 is 5.97 Å². The van der Waals surface area contributed by atoms with Crippen LogP contribution >= 0.6 is 0 Å². The highest BCUT2D eigenvalue weighted by molar-refractivity contribution is 5.99. The molecule has 0 amide bonds. The van der Waals surface area contributed by atoms with Crippen molar-refractivity contribution in [3.63, 3.8) is 0 Å². The zero-order valence-corrected chi connectivity index (χ0v) is 14.2. The fourth-order valence-electron chi connectivity index (χ4n) is 2.59. The van der Waals surface area contributed by atoms with Crippen molar-refractivity contribution < 1.29 is 28.2 Å². The minimum atomic E-state index is -0.664. The highest BCUT2D eigenvalue weighted by Crippen LogP contribution is 2.30. The van der Waals surface area contributed by atoms with Gasteiger partial charge in [0, 0.05) is 17.7 Å². The zero-order chi connectivity index (χ0) is 18.6. The molecule has 1 aromatic heterocycles. The quantitative estimate of drug-likeness (QED) is 0.390. The van der Waals surface area contributed by atoms with Gasteiger partial charge in [0.2, 0.25) is 5.89 Å². The lowest BCUT2D eigenvalue weighted by Gasteiger charge is -2.18. The number of para-hydroxylation sites is 2. The van der Waals surface area contributed by atoms with Crippen LogP contribution in [-0.2, 0) is 9.53 Å². The SMILES string of the molecule is O=C(/C=C/c1nc2ccccc2o1)OCC(=O)c1ccc2c(c1)OCCO2. The molecule has 2 aromatic carbocycles. The first-order valence-corrected chi connectivity index (χ1v) is 8.32. The molecule has 0 atom stereocenters. The third kappa shape index (κ3) is 3.82. The first-order valence-electron chi connectivity index (χ1n) is 8.32. The number of benzene rings is 2. The number of nitrogens with zero attached hydrogens (tertiary/aromatic N) is 1. The number of Topliss-reactive ketones (excluding diaryl/α,β-unsaturated/α-hetero) is 1. The Morgan fingerprint density at radius 1 is 1.07 bits per heavy atom. The van der Waals surface area contributed by atoms with Gasteiger partial charge in [-0.1, -0.05) is 12.1 Å². The van der Waals surface area contributed by atoms with Gasteiger partial charge in [-0.25, -0.2) is 9.78 Å². The van der Waals surface area contributed by atoms with Crippen LogP contribution in [0.3, 0.4) is 0 Å². The van der Waals surface area contributed by atoms with Crippen LogP contribution in [0.25, 0.3) is 17.2 Å². The van der Waals surface area contributed by atoms with Crippen LogP contribution in [0, 0.1) is 0 Å². The molecule has 0 saturated heterocycles. The van der Waals surface area contributed by atoms with E-state index in [1.165, 1.54) is 12.2 Å². The number of ether oxygens (including phenoxy) is 3. The van der Waals surface area contributed by atoms with Gasteiger partial charge in [0.05, 0.1) is 0 Å². The molecule has 7 nitrogen and oxygen atoms in total. The topological polar surface area (TPSA) is 87.9 Å². The second-order valence-corrected chi connectivity index (χ2v) is 5.74. The molecule has 3 aromatic rings. The van der Waals surface area contributed by atoms with Gasteiger partial charge in [-0.05, 0) is 30.3 Å². The molecular formula is C20H15NO6. The van der Waals surface area contributed by atoms with E-state index in [2.05, 4.69) is 4.98 Å². The number of hydrogen-bond acceptors (Lipinski definition) is 7. The normalized spacial score (nSPS) is 13.0. The fourth-order valence-corrected chi connectivity index (χ4v) is 2.59. The number of carbonyl (C=O) groups excluding carboxylic acids is 2. The molecule has 1 aliphatic rings. The van der Waals surface area contributed by atoms with Crippen molar-refractivity contribution in [2.75, 3.05) is 19.8 Å². The molecule has 0 unspecified atom stereocenters. The highest BCUT2D eigenvalue weighted by Gasteiger charge is 2.15. The van der Waals surface area contributed by atoms with E-state index in [0.29, 0.717) is 41.4 Å². The van der Waals surface area contributed by atoms with E-state index in [4.69, 9.17) is 18.6 Å². The molecule has 2 heterocycles. The molecule has 0 radical (unpaired) electrons. The van der Waals surface area contributed by atoms with Gasteiger partial charge in [0.25, 0.3) is 0 Å². The lowest BCUT2D eigenvalue weighted by Crippen LogP contribution is -2.17. The average Bonchev–Trinajstić information content (AvgIpc) is 3.13. The number of aromatic nitrogens is 1. The summed E-state index contributed by atoms with van der Waals surface area (Å²) in [4.78, 5) is 28.2. The zero-order valence-electron chi connectivity index (χ0n) is 14.2. The van der Waals surface area contributed by atoms with Gasteiger partial charge in [-0.3, -0.25) is 4.79 Å². The summed E-state index contributed by atoms with van der Waals surface area (Å²) >= 11 is 0. The summed E-state index contributed by atoms with van der Waals surface area (Å²) < 4.78 is 21.3. The minimum Gasteiger partial charge on any atom is -0.486 e. The summed E-state index contributed by atoms with van der Waals surface area (Å²) in [5.74, 6) is 0.385. The van der Waals surface area contributed by atoms with Gasteiger partial charge in [0.15, 0.2) is 29.5 Å². The monoisotopic (exact) mass is 365 g/mol. The van der Waals surface area contributed by atoms with Crippen molar-refractivity contribution in [3.8, 4) is 11.5 Å². The maximum absolute atomic E-state index is 12.2. The first-order chi connectivity index (χ1) is 13.2. The Balaban J connectivity index is 1.35. The minimum absolute atomic E-state index is 0.284. The predicted octanol–water partition coefficient (Wildman–Crippen LogP) is 3.04. The Hall–Kier alpha value is -3.61. The highest BCUT2D eigenvalue weighted by atomic mass is 16.6. The Morgan fingerprint density at radius 2 is 1.89 bits per heavy atom. The number of oxazole rings is 1. The van der Waals surface area contributed by atoms with Crippen molar-refractivity contribution in [1.82, 2.24) is 4.98 Å². The average molecular weight is 365 g/mol. The summed E-state index contributed by atoms with van der Waals surface area (Å²) in [6, 6.07) is 12.1. The number of rotatable bonds is 5. The van der Waals surface area contributed by atoms with Crippen molar-refractivity contribution in [2.24, 2.45) is 0 Å². The van der Waals surface area contributed by atoms with Crippen LogP contribution in [0.15, 0.2) is 53.0 Å². The summed E-state index contributed by atoms with van der Waals surface area (Å²) in [7, 11) is 0. The molecule has 0 fully saturated rings. The van der Waals surface area contributed by atoms with Crippen molar-refractivity contribution in [2.45, 2.75) is 0 Å². The van der Waals surface area contributed by atoms with Gasteiger partial charge >= 0.3 is 5.97 Å². The number of fused-ring (bicyclic) bond motifs is 2. The van der Waals surface area contributed by atoms with Gasteiger partial charge < -0.3 is 18.6 Å². The largest absolute Gasteiger partial charge is 0.486 e. The van der Waals surface area contributed by atoms with E-state index in [9.17, 15) is 9.59 Å². The predicted molar refractivity (Wildman–Crippen MR) is 95.8 cm³/mol. The smallest absolute Gasteiger partial charge is 0.331 e. The van der Waals surface area contributed by atoms with Gasteiger partial charge in [-0.15, -0.1) is 0 Å². The van der Waals surface area contributed by atoms with E-state index in [0.717, 1.165) is 0 Å². The van der Waals surface area contributed by atoms with Crippen LogP contribution in [0.1, 0.15) is 16.2 Å². The lowest BCUT2D eigenvalue weighted by molar-refractivity contribution is -0.136. The maximum Gasteiger partial charge on any atom is 0.331 e. The molecule has 27 heavy (non-hydrogen) atoms. The molecule has 0 saturated carbocycles. The second-order valence-electron chi connectivity index (χ2n) is 5.74. The Bertz CT molecular complexity index is 1000. The summed E-state index contributed by atoms with van der Waals surface area (Å²) in [5.41, 5.74) is 1.70. The molecular weight excluding hydrogens is 350 g/mol. The molecule has 0 spiro atoms. The maximum atomic E-state index is 12.2. The first kappa shape index (κ1) is 16.8. The summed E-state index contributed by atoms with van der Waals surface area (Å²) in [6.45, 7) is 0.529. The summed E-state index contributed by atoms with van der Waals surface area (Å²) in [5, 5.41) is 0. The molecule has 0 aliphatic carbocycles. The van der Waals surface area contributed by atoms with Crippen LogP contribution in [0.5, 0.6) is 11.5 Å². The Kier molecular flexibility index (Phi) is 4.57. The second kappa shape index (κ2) is 7.33. The Labute approximate surface area is 154 Å². The van der Waals surface area contributed by atoms with Crippen molar-refractivity contribution >= 4 is 28.9 Å². The van der Waals surface area contributed by atoms with Gasteiger partial charge in [-0.2, -0.15) is 0 Å². The number of ketones is 1. The van der Waals surface area contributed by atoms with E-state index >= 15 is 0 Å². The summed E-state index contributed by atoms with van der Waals surface area (Å²) in [6.07, 6.45) is 2.57. The fraction of sp³-hybridized carbons (Fsp3) is 0.150. The molecule has 136 valence electrons. The van der Waals surface area contributed by atoms with Crippen molar-refractivity contribution in [3.05, 3.63) is 60.0 Å². The number of carbonyl (C=O) groups is 2. The van der Waals surface area contributed by atoms with Crippen LogP contribution < -0.4 is 9.47 Å². The standard InChI is InChI=1S/C20H15NO6/c22-15(13-5-6-17-18(11-13)25-10-9-24-17)12-26-20(23)8-7-19-21-14-3-1-2-4-16(14)27-19/h1-8,11H,9-10,12H2/b8-7+. The molecule has 0 N–H and O–H groups in total. The van der Waals surface area contributed by atoms with E-state index in [1.807, 2.05) is 12.1 Å². The van der Waals surface area contributed by atoms with Crippen LogP contribution in [0.2, 0.25) is 0 Å². The Morgan fingerprint density at radius 3 is 2.74 bits per heavy atom. The number of esters is 1. The van der Waals surface area contributed by atoms with E-state index in [-0.39, 0.29) is 18.3 Å². The molecule has 1 aliphatic heterocycles. The number of hydrogen-bond donors (Lipinski definition) is 0. The third-order valence-electron chi connectivity index (χ3n) is 3.88. The van der Waals surface area contributed by atoms with Crippen LogP contribution in [-0.4, -0.2) is 36.6 Å². The molecule has 7 heteroatoms. The van der Waals surface area contributed by atoms with Crippen molar-refractivity contribution in [1.29, 1.82) is 0 Å². The molecule has 0 bridgehead atoms. The van der Waals surface area contributed by atoms with Gasteiger partial charge in [0.1, 0.15) is 18.7 Å². The van der Waals surface area contributed by atoms with Crippen LogP contribution in [0.4, 0.5) is 0 Å². The molecule has 4 rings (SSSR count). The lowest BCUT2D eigenvalue weighted by atomic mass is 10.1. The van der Waals surface area contributed by atoms with E-state index in [1.54, 1.807) is 30.3 Å². The third-order valence-corrected chi connectivity index (χ3v) is 3.88.